The van der Waals surface area contributed by atoms with Crippen molar-refractivity contribution in [1.29, 1.82) is 0 Å². The van der Waals surface area contributed by atoms with Crippen LogP contribution >= 0.6 is 0 Å². The lowest BCUT2D eigenvalue weighted by Gasteiger charge is -2.37. The maximum atomic E-state index is 9.73. The van der Waals surface area contributed by atoms with Gasteiger partial charge in [0.1, 0.15) is 0 Å². The van der Waals surface area contributed by atoms with Crippen molar-refractivity contribution in [1.82, 2.24) is 19.9 Å². The minimum Gasteiger partial charge on any atom is -0.393 e. The van der Waals surface area contributed by atoms with E-state index in [0.717, 1.165) is 38.3 Å². The highest BCUT2D eigenvalue weighted by Crippen LogP contribution is 2.22. The van der Waals surface area contributed by atoms with Gasteiger partial charge in [-0.05, 0) is 27.4 Å². The van der Waals surface area contributed by atoms with Crippen molar-refractivity contribution in [2.24, 2.45) is 0 Å². The van der Waals surface area contributed by atoms with Crippen LogP contribution in [0.1, 0.15) is 37.9 Å². The average molecular weight is 282 g/mol. The highest BCUT2D eigenvalue weighted by molar-refractivity contribution is 4.98. The molecule has 1 fully saturated rings. The molecule has 3 atom stereocenters. The molecule has 0 spiro atoms. The Morgan fingerprint density at radius 1 is 1.40 bits per heavy atom. The van der Waals surface area contributed by atoms with Crippen molar-refractivity contribution >= 4 is 0 Å². The van der Waals surface area contributed by atoms with Gasteiger partial charge < -0.3 is 19.4 Å². The van der Waals surface area contributed by atoms with Crippen LogP contribution in [0.15, 0.2) is 4.52 Å². The van der Waals surface area contributed by atoms with Crippen LogP contribution in [-0.4, -0.2) is 70.9 Å². The number of hydrogen-bond acceptors (Lipinski definition) is 6. The summed E-state index contributed by atoms with van der Waals surface area (Å²) in [6.45, 7) is 6.97. The lowest BCUT2D eigenvalue weighted by molar-refractivity contribution is 0.113. The highest BCUT2D eigenvalue weighted by atomic mass is 16.5. The predicted octanol–water partition coefficient (Wildman–Crippen LogP) is 0.732. The summed E-state index contributed by atoms with van der Waals surface area (Å²) in [6.07, 6.45) is 1.13. The predicted molar refractivity (Wildman–Crippen MR) is 76.6 cm³/mol. The number of piperazine rings is 1. The number of rotatable bonds is 5. The normalized spacial score (nSPS) is 24.8. The molecule has 1 saturated heterocycles. The van der Waals surface area contributed by atoms with Gasteiger partial charge in [0.2, 0.25) is 5.89 Å². The van der Waals surface area contributed by atoms with Crippen LogP contribution < -0.4 is 0 Å². The zero-order valence-electron chi connectivity index (χ0n) is 12.9. The first-order valence-corrected chi connectivity index (χ1v) is 7.40. The van der Waals surface area contributed by atoms with Crippen molar-refractivity contribution < 1.29 is 9.63 Å². The summed E-state index contributed by atoms with van der Waals surface area (Å²) in [5.74, 6) is 1.23. The number of nitrogens with zero attached hydrogens (tertiary/aromatic N) is 4. The molecule has 1 aromatic heterocycles. The maximum Gasteiger partial charge on any atom is 0.232 e. The third-order valence-corrected chi connectivity index (χ3v) is 4.22. The quantitative estimate of drug-likeness (QED) is 0.859. The van der Waals surface area contributed by atoms with Crippen LogP contribution in [0.5, 0.6) is 0 Å². The third-order valence-electron chi connectivity index (χ3n) is 4.22. The van der Waals surface area contributed by atoms with Crippen LogP contribution in [0.25, 0.3) is 0 Å². The SMILES string of the molecule is CCC(c1nc(CC2CN(C)CCN2C)no1)C(C)O. The Hall–Kier alpha value is -0.980. The van der Waals surface area contributed by atoms with Gasteiger partial charge in [0, 0.05) is 32.1 Å². The fourth-order valence-corrected chi connectivity index (χ4v) is 2.76. The smallest absolute Gasteiger partial charge is 0.232 e. The number of aromatic nitrogens is 2. The van der Waals surface area contributed by atoms with Crippen LogP contribution in [0.3, 0.4) is 0 Å². The monoisotopic (exact) mass is 282 g/mol. The van der Waals surface area contributed by atoms with Crippen molar-refractivity contribution in [3.05, 3.63) is 11.7 Å². The fourth-order valence-electron chi connectivity index (χ4n) is 2.76. The molecule has 0 aromatic carbocycles. The molecule has 1 N–H and O–H groups in total. The molecule has 0 radical (unpaired) electrons. The maximum absolute atomic E-state index is 9.73. The number of aliphatic hydroxyl groups excluding tert-OH is 1. The van der Waals surface area contributed by atoms with Crippen molar-refractivity contribution in [2.45, 2.75) is 44.8 Å². The van der Waals surface area contributed by atoms with E-state index in [1.165, 1.54) is 0 Å². The van der Waals surface area contributed by atoms with Crippen LogP contribution in [0, 0.1) is 0 Å². The standard InChI is InChI=1S/C14H26N4O2/c1-5-12(10(2)19)14-15-13(16-20-14)8-11-9-17(3)6-7-18(11)4/h10-12,19H,5-9H2,1-4H3. The van der Waals surface area contributed by atoms with Crippen LogP contribution in [0.2, 0.25) is 0 Å². The van der Waals surface area contributed by atoms with Crippen molar-refractivity contribution in [3.63, 3.8) is 0 Å². The van der Waals surface area contributed by atoms with Gasteiger partial charge >= 0.3 is 0 Å². The summed E-state index contributed by atoms with van der Waals surface area (Å²) < 4.78 is 5.33. The Morgan fingerprint density at radius 3 is 2.80 bits per heavy atom. The number of aliphatic hydroxyl groups is 1. The van der Waals surface area contributed by atoms with Crippen molar-refractivity contribution in [3.8, 4) is 0 Å². The van der Waals surface area contributed by atoms with E-state index in [2.05, 4.69) is 34.0 Å². The first kappa shape index (κ1) is 15.4. The molecule has 1 aliphatic heterocycles. The van der Waals surface area contributed by atoms with Gasteiger partial charge in [0.15, 0.2) is 5.82 Å². The topological polar surface area (TPSA) is 65.6 Å². The first-order chi connectivity index (χ1) is 9.51. The van der Waals surface area contributed by atoms with E-state index in [9.17, 15) is 5.11 Å². The van der Waals surface area contributed by atoms with Crippen molar-refractivity contribution in [2.75, 3.05) is 33.7 Å². The molecule has 6 nitrogen and oxygen atoms in total. The molecule has 1 aromatic rings. The number of likely N-dealkylation sites (N-methyl/N-ethyl adjacent to an activating group) is 2. The molecule has 2 rings (SSSR count). The minimum atomic E-state index is -0.461. The summed E-state index contributed by atoms with van der Waals surface area (Å²) >= 11 is 0. The Morgan fingerprint density at radius 2 is 2.15 bits per heavy atom. The number of hydrogen-bond donors (Lipinski definition) is 1. The van der Waals surface area contributed by atoms with E-state index < -0.39 is 6.10 Å². The molecule has 3 unspecified atom stereocenters. The lowest BCUT2D eigenvalue weighted by atomic mass is 10.0. The summed E-state index contributed by atoms with van der Waals surface area (Å²) in [4.78, 5) is 9.15. The average Bonchev–Trinajstić information content (AvgIpc) is 2.82. The summed E-state index contributed by atoms with van der Waals surface area (Å²) in [6, 6.07) is 0.422. The summed E-state index contributed by atoms with van der Waals surface area (Å²) in [5, 5.41) is 13.8. The molecule has 20 heavy (non-hydrogen) atoms. The van der Waals surface area contributed by atoms with E-state index in [-0.39, 0.29) is 5.92 Å². The van der Waals surface area contributed by atoms with Gasteiger partial charge in [-0.15, -0.1) is 0 Å². The highest BCUT2D eigenvalue weighted by Gasteiger charge is 2.26. The van der Waals surface area contributed by atoms with Gasteiger partial charge in [-0.2, -0.15) is 4.98 Å². The summed E-state index contributed by atoms with van der Waals surface area (Å²) in [7, 11) is 4.28. The Kier molecular flexibility index (Phi) is 5.12. The van der Waals surface area contributed by atoms with E-state index in [0.29, 0.717) is 11.9 Å². The second kappa shape index (κ2) is 6.65. The first-order valence-electron chi connectivity index (χ1n) is 7.40. The zero-order chi connectivity index (χ0) is 14.7. The lowest BCUT2D eigenvalue weighted by Crippen LogP contribution is -2.50. The zero-order valence-corrected chi connectivity index (χ0v) is 12.9. The van der Waals surface area contributed by atoms with Gasteiger partial charge in [0.05, 0.1) is 12.0 Å². The molecule has 0 bridgehead atoms. The van der Waals surface area contributed by atoms with E-state index in [1.807, 2.05) is 6.92 Å². The molecule has 0 aliphatic carbocycles. The van der Waals surface area contributed by atoms with Gasteiger partial charge in [-0.3, -0.25) is 0 Å². The van der Waals surface area contributed by atoms with E-state index in [1.54, 1.807) is 6.92 Å². The minimum absolute atomic E-state index is 0.0667. The van der Waals surface area contributed by atoms with Crippen LogP contribution in [0.4, 0.5) is 0 Å². The molecular formula is C14H26N4O2. The fraction of sp³-hybridized carbons (Fsp3) is 0.857. The molecular weight excluding hydrogens is 256 g/mol. The Balaban J connectivity index is 2.01. The molecule has 0 saturated carbocycles. The largest absolute Gasteiger partial charge is 0.393 e. The van der Waals surface area contributed by atoms with E-state index in [4.69, 9.17) is 4.52 Å². The molecule has 2 heterocycles. The summed E-state index contributed by atoms with van der Waals surface area (Å²) in [5.41, 5.74) is 0. The molecule has 6 heteroatoms. The second-order valence-electron chi connectivity index (χ2n) is 5.90. The van der Waals surface area contributed by atoms with Crippen LogP contribution in [-0.2, 0) is 6.42 Å². The third kappa shape index (κ3) is 3.56. The Bertz CT molecular complexity index is 421. The van der Waals surface area contributed by atoms with Gasteiger partial charge in [-0.1, -0.05) is 12.1 Å². The Labute approximate surface area is 120 Å². The van der Waals surface area contributed by atoms with Gasteiger partial charge in [0.25, 0.3) is 0 Å². The second-order valence-corrected chi connectivity index (χ2v) is 5.90. The van der Waals surface area contributed by atoms with E-state index >= 15 is 0 Å². The molecule has 1 aliphatic rings. The molecule has 0 amide bonds. The molecule has 114 valence electrons. The van der Waals surface area contributed by atoms with Gasteiger partial charge in [-0.25, -0.2) is 0 Å².